The minimum absolute atomic E-state index is 0.470. The van der Waals surface area contributed by atoms with Crippen LogP contribution in [-0.2, 0) is 6.54 Å². The van der Waals surface area contributed by atoms with Crippen molar-refractivity contribution >= 4 is 0 Å². The number of nitrogens with zero attached hydrogens (tertiary/aromatic N) is 1. The highest BCUT2D eigenvalue weighted by Crippen LogP contribution is 2.16. The Labute approximate surface area is 111 Å². The number of ether oxygens (including phenoxy) is 1. The first-order valence-corrected chi connectivity index (χ1v) is 6.93. The van der Waals surface area contributed by atoms with Crippen molar-refractivity contribution in [2.24, 2.45) is 5.92 Å². The van der Waals surface area contributed by atoms with E-state index in [4.69, 9.17) is 4.74 Å². The van der Waals surface area contributed by atoms with Crippen LogP contribution >= 0.6 is 0 Å². The molecule has 1 atom stereocenters. The van der Waals surface area contributed by atoms with Gasteiger partial charge in [0.25, 0.3) is 0 Å². The monoisotopic (exact) mass is 250 g/mol. The van der Waals surface area contributed by atoms with Gasteiger partial charge in [-0.05, 0) is 18.4 Å². The van der Waals surface area contributed by atoms with E-state index in [1.54, 1.807) is 6.20 Å². The van der Waals surface area contributed by atoms with E-state index in [-0.39, 0.29) is 0 Å². The average molecular weight is 250 g/mol. The molecule has 1 heterocycles. The van der Waals surface area contributed by atoms with Crippen LogP contribution in [0.3, 0.4) is 0 Å². The van der Waals surface area contributed by atoms with E-state index in [0.29, 0.717) is 12.0 Å². The molecule has 0 fully saturated rings. The summed E-state index contributed by atoms with van der Waals surface area (Å²) in [4.78, 5) is 4.33. The van der Waals surface area contributed by atoms with Crippen LogP contribution in [0.5, 0.6) is 5.88 Å². The zero-order valence-electron chi connectivity index (χ0n) is 12.1. The quantitative estimate of drug-likeness (QED) is 0.768. The number of hydrogen-bond acceptors (Lipinski definition) is 3. The van der Waals surface area contributed by atoms with Gasteiger partial charge in [-0.2, -0.15) is 0 Å². The van der Waals surface area contributed by atoms with Gasteiger partial charge in [0.15, 0.2) is 0 Å². The summed E-state index contributed by atoms with van der Waals surface area (Å²) in [5.41, 5.74) is 1.13. The van der Waals surface area contributed by atoms with Gasteiger partial charge < -0.3 is 10.1 Å². The fourth-order valence-electron chi connectivity index (χ4n) is 1.80. The highest BCUT2D eigenvalue weighted by molar-refractivity contribution is 5.25. The summed E-state index contributed by atoms with van der Waals surface area (Å²) >= 11 is 0. The Hall–Kier alpha value is -1.09. The van der Waals surface area contributed by atoms with Gasteiger partial charge in [0.05, 0.1) is 6.61 Å². The van der Waals surface area contributed by atoms with Crippen molar-refractivity contribution in [2.45, 2.75) is 53.1 Å². The van der Waals surface area contributed by atoms with Crippen molar-refractivity contribution in [3.8, 4) is 5.88 Å². The third-order valence-electron chi connectivity index (χ3n) is 2.84. The predicted molar refractivity (Wildman–Crippen MR) is 75.8 cm³/mol. The molecule has 3 heteroatoms. The second-order valence-corrected chi connectivity index (χ2v) is 5.21. The minimum atomic E-state index is 0.470. The van der Waals surface area contributed by atoms with E-state index >= 15 is 0 Å². The summed E-state index contributed by atoms with van der Waals surface area (Å²) in [6.07, 6.45) is 4.19. The smallest absolute Gasteiger partial charge is 0.217 e. The maximum atomic E-state index is 5.83. The van der Waals surface area contributed by atoms with E-state index in [1.807, 2.05) is 6.07 Å². The number of hydrogen-bond donors (Lipinski definition) is 1. The molecule has 1 aromatic heterocycles. The summed E-state index contributed by atoms with van der Waals surface area (Å²) in [6, 6.07) is 4.50. The molecule has 0 radical (unpaired) electrons. The number of rotatable bonds is 8. The van der Waals surface area contributed by atoms with Gasteiger partial charge in [-0.15, -0.1) is 0 Å². The maximum absolute atomic E-state index is 5.83. The first-order valence-electron chi connectivity index (χ1n) is 6.93. The van der Waals surface area contributed by atoms with Gasteiger partial charge in [0.1, 0.15) is 0 Å². The third-order valence-corrected chi connectivity index (χ3v) is 2.84. The molecule has 1 N–H and O–H groups in total. The van der Waals surface area contributed by atoms with Crippen molar-refractivity contribution in [1.82, 2.24) is 10.3 Å². The normalized spacial score (nSPS) is 12.7. The Balaban J connectivity index is 2.53. The summed E-state index contributed by atoms with van der Waals surface area (Å²) in [6.45, 7) is 10.3. The van der Waals surface area contributed by atoms with Crippen molar-refractivity contribution in [1.29, 1.82) is 0 Å². The fraction of sp³-hybridized carbons (Fsp3) is 0.667. The zero-order chi connectivity index (χ0) is 13.4. The van der Waals surface area contributed by atoms with Crippen molar-refractivity contribution in [3.05, 3.63) is 23.9 Å². The van der Waals surface area contributed by atoms with Crippen LogP contribution in [0.15, 0.2) is 18.3 Å². The Kier molecular flexibility index (Phi) is 6.73. The summed E-state index contributed by atoms with van der Waals surface area (Å²) < 4.78 is 5.83. The first-order chi connectivity index (χ1) is 8.63. The maximum Gasteiger partial charge on any atom is 0.217 e. The van der Waals surface area contributed by atoms with Gasteiger partial charge in [0.2, 0.25) is 5.88 Å². The first kappa shape index (κ1) is 15.0. The summed E-state index contributed by atoms with van der Waals surface area (Å²) in [5.74, 6) is 1.36. The Morgan fingerprint density at radius 2 is 2.11 bits per heavy atom. The molecule has 0 aliphatic rings. The predicted octanol–water partition coefficient (Wildman–Crippen LogP) is 3.39. The molecule has 0 aliphatic carbocycles. The van der Waals surface area contributed by atoms with Gasteiger partial charge in [-0.3, -0.25) is 0 Å². The van der Waals surface area contributed by atoms with Gasteiger partial charge in [0, 0.05) is 24.3 Å². The fourth-order valence-corrected chi connectivity index (χ4v) is 1.80. The molecular formula is C15H26N2O. The molecule has 0 spiro atoms. The highest BCUT2D eigenvalue weighted by Gasteiger charge is 2.07. The van der Waals surface area contributed by atoms with Crippen molar-refractivity contribution in [3.63, 3.8) is 0 Å². The molecule has 0 aromatic carbocycles. The lowest BCUT2D eigenvalue weighted by atomic mass is 10.1. The second-order valence-electron chi connectivity index (χ2n) is 5.21. The Bertz CT molecular complexity index is 339. The number of nitrogens with one attached hydrogen (secondary N) is 1. The van der Waals surface area contributed by atoms with E-state index in [1.165, 1.54) is 12.8 Å². The SMILES string of the molecule is CCCC(C)COc1ncccc1CNC(C)C. The lowest BCUT2D eigenvalue weighted by molar-refractivity contribution is 0.240. The van der Waals surface area contributed by atoms with Crippen LogP contribution in [0.4, 0.5) is 0 Å². The molecule has 1 aromatic rings. The summed E-state index contributed by atoms with van der Waals surface area (Å²) in [7, 11) is 0. The third kappa shape index (κ3) is 5.50. The highest BCUT2D eigenvalue weighted by atomic mass is 16.5. The molecule has 0 aliphatic heterocycles. The van der Waals surface area contributed by atoms with Crippen molar-refractivity contribution in [2.75, 3.05) is 6.61 Å². The molecule has 0 bridgehead atoms. The lowest BCUT2D eigenvalue weighted by Crippen LogP contribution is -2.22. The van der Waals surface area contributed by atoms with Gasteiger partial charge >= 0.3 is 0 Å². The standard InChI is InChI=1S/C15H26N2O/c1-5-7-13(4)11-18-15-14(8-6-9-16-15)10-17-12(2)3/h6,8-9,12-13,17H,5,7,10-11H2,1-4H3. The van der Waals surface area contributed by atoms with E-state index in [9.17, 15) is 0 Å². The largest absolute Gasteiger partial charge is 0.477 e. The molecule has 3 nitrogen and oxygen atoms in total. The van der Waals surface area contributed by atoms with Crippen LogP contribution in [-0.4, -0.2) is 17.6 Å². The van der Waals surface area contributed by atoms with Crippen LogP contribution in [0, 0.1) is 5.92 Å². The topological polar surface area (TPSA) is 34.1 Å². The Morgan fingerprint density at radius 1 is 1.33 bits per heavy atom. The lowest BCUT2D eigenvalue weighted by Gasteiger charge is -2.15. The molecule has 1 rings (SSSR count). The van der Waals surface area contributed by atoms with Gasteiger partial charge in [-0.25, -0.2) is 4.98 Å². The molecule has 18 heavy (non-hydrogen) atoms. The van der Waals surface area contributed by atoms with Gasteiger partial charge in [-0.1, -0.05) is 40.2 Å². The summed E-state index contributed by atoms with van der Waals surface area (Å²) in [5, 5.41) is 3.39. The second kappa shape index (κ2) is 8.09. The number of pyridine rings is 1. The molecule has 0 amide bonds. The van der Waals surface area contributed by atoms with E-state index < -0.39 is 0 Å². The number of aromatic nitrogens is 1. The molecule has 0 saturated heterocycles. The van der Waals surface area contributed by atoms with Crippen LogP contribution < -0.4 is 10.1 Å². The van der Waals surface area contributed by atoms with Crippen LogP contribution in [0.25, 0.3) is 0 Å². The molecule has 102 valence electrons. The zero-order valence-corrected chi connectivity index (χ0v) is 12.1. The average Bonchev–Trinajstić information content (AvgIpc) is 2.35. The van der Waals surface area contributed by atoms with Crippen molar-refractivity contribution < 1.29 is 4.74 Å². The Morgan fingerprint density at radius 3 is 2.78 bits per heavy atom. The van der Waals surface area contributed by atoms with Crippen LogP contribution in [0.2, 0.25) is 0 Å². The molecule has 1 unspecified atom stereocenters. The van der Waals surface area contributed by atoms with E-state index in [0.717, 1.165) is 24.6 Å². The minimum Gasteiger partial charge on any atom is -0.477 e. The molecule has 0 saturated carbocycles. The molecular weight excluding hydrogens is 224 g/mol. The van der Waals surface area contributed by atoms with E-state index in [2.05, 4.69) is 44.1 Å². The van der Waals surface area contributed by atoms with Crippen LogP contribution in [0.1, 0.15) is 46.1 Å².